The number of fused-ring (bicyclic) bond motifs is 1. The number of halogens is 2. The van der Waals surface area contributed by atoms with Gasteiger partial charge in [0.2, 0.25) is 5.89 Å². The molecular weight excluding hydrogens is 468 g/mol. The first-order valence-electron chi connectivity index (χ1n) is 9.24. The Balaban J connectivity index is 1.48. The van der Waals surface area contributed by atoms with Crippen LogP contribution in [0.25, 0.3) is 22.6 Å². The Morgan fingerprint density at radius 1 is 1.10 bits per heavy atom. The molecule has 1 heterocycles. The fraction of sp³-hybridized carbons (Fsp3) is 0.130. The highest BCUT2D eigenvalue weighted by molar-refractivity contribution is 9.10. The Labute approximate surface area is 187 Å². The van der Waals surface area contributed by atoms with E-state index in [-0.39, 0.29) is 12.5 Å². The highest BCUT2D eigenvalue weighted by Crippen LogP contribution is 2.33. The van der Waals surface area contributed by atoms with Gasteiger partial charge in [0.1, 0.15) is 11.3 Å². The first-order chi connectivity index (χ1) is 14.4. The Kier molecular flexibility index (Phi) is 5.79. The quantitative estimate of drug-likeness (QED) is 0.348. The smallest absolute Gasteiger partial charge is 0.262 e. The molecule has 0 radical (unpaired) electrons. The first-order valence-corrected chi connectivity index (χ1v) is 10.4. The van der Waals surface area contributed by atoms with Crippen molar-refractivity contribution < 1.29 is 13.9 Å². The molecule has 5 nitrogen and oxygen atoms in total. The summed E-state index contributed by atoms with van der Waals surface area (Å²) in [5.74, 6) is 0.829. The SMILES string of the molecule is Cc1cc(C)cc(OCC(=O)Nc2ccc3oc(-c4cc(Br)ccc4Cl)nc3c2)c1. The van der Waals surface area contributed by atoms with E-state index < -0.39 is 0 Å². The Morgan fingerprint density at radius 3 is 2.63 bits per heavy atom. The molecular formula is C23H18BrClN2O3. The standard InChI is InChI=1S/C23H18BrClN2O3/c1-13-7-14(2)9-17(8-13)29-12-22(28)26-16-4-6-21-20(11-16)27-23(30-21)18-10-15(24)3-5-19(18)25/h3-11H,12H2,1-2H3,(H,26,28). The van der Waals surface area contributed by atoms with Gasteiger partial charge in [-0.15, -0.1) is 0 Å². The van der Waals surface area contributed by atoms with Crippen molar-refractivity contribution in [3.8, 4) is 17.2 Å². The topological polar surface area (TPSA) is 64.4 Å². The number of hydrogen-bond donors (Lipinski definition) is 1. The van der Waals surface area contributed by atoms with Crippen molar-refractivity contribution in [2.45, 2.75) is 13.8 Å². The van der Waals surface area contributed by atoms with E-state index in [1.165, 1.54) is 0 Å². The van der Waals surface area contributed by atoms with Gasteiger partial charge in [-0.3, -0.25) is 4.79 Å². The lowest BCUT2D eigenvalue weighted by molar-refractivity contribution is -0.118. The summed E-state index contributed by atoms with van der Waals surface area (Å²) in [6, 6.07) is 16.6. The predicted octanol–water partition coefficient (Wildman–Crippen LogP) is 6.55. The molecule has 152 valence electrons. The lowest BCUT2D eigenvalue weighted by atomic mass is 10.1. The van der Waals surface area contributed by atoms with Crippen LogP contribution in [0.3, 0.4) is 0 Å². The molecule has 7 heteroatoms. The van der Waals surface area contributed by atoms with Crippen LogP contribution in [-0.4, -0.2) is 17.5 Å². The predicted molar refractivity (Wildman–Crippen MR) is 122 cm³/mol. The van der Waals surface area contributed by atoms with Gasteiger partial charge in [0.25, 0.3) is 5.91 Å². The molecule has 3 aromatic carbocycles. The lowest BCUT2D eigenvalue weighted by Gasteiger charge is -2.09. The van der Waals surface area contributed by atoms with Crippen LogP contribution in [0.5, 0.6) is 5.75 Å². The number of nitrogens with one attached hydrogen (secondary N) is 1. The summed E-state index contributed by atoms with van der Waals surface area (Å²) in [5, 5.41) is 3.37. The minimum absolute atomic E-state index is 0.0847. The molecule has 0 aliphatic carbocycles. The molecule has 4 aromatic rings. The van der Waals surface area contributed by atoms with Crippen molar-refractivity contribution >= 4 is 50.2 Å². The maximum absolute atomic E-state index is 12.3. The van der Waals surface area contributed by atoms with Gasteiger partial charge in [0.15, 0.2) is 12.2 Å². The Bertz CT molecular complexity index is 1230. The molecule has 0 aliphatic heterocycles. The van der Waals surface area contributed by atoms with Gasteiger partial charge in [-0.25, -0.2) is 4.98 Å². The van der Waals surface area contributed by atoms with Crippen molar-refractivity contribution in [3.05, 3.63) is 75.2 Å². The van der Waals surface area contributed by atoms with Crippen LogP contribution >= 0.6 is 27.5 Å². The van der Waals surface area contributed by atoms with Crippen molar-refractivity contribution in [1.82, 2.24) is 4.98 Å². The fourth-order valence-electron chi connectivity index (χ4n) is 3.14. The first kappa shape index (κ1) is 20.4. The Morgan fingerprint density at radius 2 is 1.87 bits per heavy atom. The Hall–Kier alpha value is -2.83. The van der Waals surface area contributed by atoms with Crippen LogP contribution < -0.4 is 10.1 Å². The summed E-state index contributed by atoms with van der Waals surface area (Å²) in [4.78, 5) is 16.8. The van der Waals surface area contributed by atoms with Crippen LogP contribution in [-0.2, 0) is 4.79 Å². The summed E-state index contributed by atoms with van der Waals surface area (Å²) in [7, 11) is 0. The molecule has 1 N–H and O–H groups in total. The number of carbonyl (C=O) groups is 1. The summed E-state index contributed by atoms with van der Waals surface area (Å²) >= 11 is 9.70. The van der Waals surface area contributed by atoms with E-state index in [9.17, 15) is 4.79 Å². The van der Waals surface area contributed by atoms with Gasteiger partial charge in [-0.05, 0) is 73.5 Å². The van der Waals surface area contributed by atoms with Gasteiger partial charge in [0, 0.05) is 10.2 Å². The van der Waals surface area contributed by atoms with Gasteiger partial charge in [0.05, 0.1) is 10.6 Å². The van der Waals surface area contributed by atoms with Crippen molar-refractivity contribution in [3.63, 3.8) is 0 Å². The molecule has 0 bridgehead atoms. The number of anilines is 1. The van der Waals surface area contributed by atoms with E-state index in [0.717, 1.165) is 15.6 Å². The van der Waals surface area contributed by atoms with Crippen LogP contribution in [0.2, 0.25) is 5.02 Å². The molecule has 0 saturated heterocycles. The third-order valence-corrected chi connectivity index (χ3v) is 5.22. The number of oxazole rings is 1. The number of ether oxygens (including phenoxy) is 1. The lowest BCUT2D eigenvalue weighted by Crippen LogP contribution is -2.20. The number of carbonyl (C=O) groups excluding carboxylic acids is 1. The maximum atomic E-state index is 12.3. The maximum Gasteiger partial charge on any atom is 0.262 e. The van der Waals surface area contributed by atoms with Gasteiger partial charge < -0.3 is 14.5 Å². The molecule has 0 spiro atoms. The second-order valence-electron chi connectivity index (χ2n) is 6.99. The summed E-state index contributed by atoms with van der Waals surface area (Å²) in [6.45, 7) is 3.89. The minimum Gasteiger partial charge on any atom is -0.484 e. The largest absolute Gasteiger partial charge is 0.484 e. The molecule has 4 rings (SSSR count). The number of benzene rings is 3. The number of aromatic nitrogens is 1. The molecule has 0 unspecified atom stereocenters. The normalized spacial score (nSPS) is 10.9. The van der Waals surface area contributed by atoms with E-state index >= 15 is 0 Å². The van der Waals surface area contributed by atoms with Crippen molar-refractivity contribution in [2.24, 2.45) is 0 Å². The average Bonchev–Trinajstić information content (AvgIpc) is 3.10. The molecule has 0 saturated carbocycles. The average molecular weight is 486 g/mol. The number of rotatable bonds is 5. The number of hydrogen-bond acceptors (Lipinski definition) is 4. The van der Waals surface area contributed by atoms with Gasteiger partial charge >= 0.3 is 0 Å². The van der Waals surface area contributed by atoms with Crippen LogP contribution in [0.4, 0.5) is 5.69 Å². The van der Waals surface area contributed by atoms with Gasteiger partial charge in [-0.1, -0.05) is 33.6 Å². The molecule has 0 aliphatic rings. The third kappa shape index (κ3) is 4.66. The summed E-state index contributed by atoms with van der Waals surface area (Å²) in [6.07, 6.45) is 0. The molecule has 0 fully saturated rings. The van der Waals surface area contributed by atoms with E-state index in [4.69, 9.17) is 20.8 Å². The molecule has 0 atom stereocenters. The van der Waals surface area contributed by atoms with E-state index in [2.05, 4.69) is 32.3 Å². The van der Waals surface area contributed by atoms with E-state index in [1.807, 2.05) is 38.1 Å². The van der Waals surface area contributed by atoms with Crippen molar-refractivity contribution in [2.75, 3.05) is 11.9 Å². The van der Waals surface area contributed by atoms with E-state index in [0.29, 0.717) is 39.0 Å². The highest BCUT2D eigenvalue weighted by atomic mass is 79.9. The van der Waals surface area contributed by atoms with E-state index in [1.54, 1.807) is 24.3 Å². The van der Waals surface area contributed by atoms with Gasteiger partial charge in [-0.2, -0.15) is 0 Å². The zero-order chi connectivity index (χ0) is 21.3. The number of amides is 1. The summed E-state index contributed by atoms with van der Waals surface area (Å²) in [5.41, 5.74) is 4.69. The number of nitrogens with zero attached hydrogens (tertiary/aromatic N) is 1. The van der Waals surface area contributed by atoms with Crippen molar-refractivity contribution in [1.29, 1.82) is 0 Å². The zero-order valence-electron chi connectivity index (χ0n) is 16.3. The van der Waals surface area contributed by atoms with Crippen LogP contribution in [0, 0.1) is 13.8 Å². The van der Waals surface area contributed by atoms with Crippen LogP contribution in [0.15, 0.2) is 63.5 Å². The molecule has 1 amide bonds. The second kappa shape index (κ2) is 8.50. The number of aryl methyl sites for hydroxylation is 2. The monoisotopic (exact) mass is 484 g/mol. The van der Waals surface area contributed by atoms with Crippen LogP contribution in [0.1, 0.15) is 11.1 Å². The highest BCUT2D eigenvalue weighted by Gasteiger charge is 2.13. The fourth-order valence-corrected chi connectivity index (χ4v) is 3.70. The zero-order valence-corrected chi connectivity index (χ0v) is 18.7. The minimum atomic E-state index is -0.257. The third-order valence-electron chi connectivity index (χ3n) is 4.40. The molecule has 1 aromatic heterocycles. The molecule has 30 heavy (non-hydrogen) atoms. The second-order valence-corrected chi connectivity index (χ2v) is 8.31. The summed E-state index contributed by atoms with van der Waals surface area (Å²) < 4.78 is 12.3.